The van der Waals surface area contributed by atoms with E-state index in [1.807, 2.05) is 6.07 Å². The van der Waals surface area contributed by atoms with E-state index in [1.54, 1.807) is 7.11 Å². The lowest BCUT2D eigenvalue weighted by molar-refractivity contribution is 0.411. The van der Waals surface area contributed by atoms with Gasteiger partial charge < -0.3 is 4.74 Å². The maximum absolute atomic E-state index is 6.50. The summed E-state index contributed by atoms with van der Waals surface area (Å²) in [5, 5.41) is 0.106. The van der Waals surface area contributed by atoms with Crippen molar-refractivity contribution in [3.05, 3.63) is 28.2 Å². The van der Waals surface area contributed by atoms with Crippen molar-refractivity contribution in [2.75, 3.05) is 7.11 Å². The molecule has 2 rings (SSSR count). The number of halogens is 2. The van der Waals surface area contributed by atoms with E-state index in [-0.39, 0.29) is 5.38 Å². The largest absolute Gasteiger partial charge is 0.496 e. The van der Waals surface area contributed by atoms with Crippen molar-refractivity contribution in [1.82, 2.24) is 0 Å². The van der Waals surface area contributed by atoms with Gasteiger partial charge in [-0.05, 0) is 58.3 Å². The van der Waals surface area contributed by atoms with Crippen LogP contribution in [0.4, 0.5) is 0 Å². The summed E-state index contributed by atoms with van der Waals surface area (Å²) >= 11 is 9.99. The third-order valence-corrected chi connectivity index (χ3v) is 4.59. The van der Waals surface area contributed by atoms with Crippen LogP contribution in [0.15, 0.2) is 22.7 Å². The Bertz CT molecular complexity index is 376. The molecule has 16 heavy (non-hydrogen) atoms. The minimum absolute atomic E-state index is 0.106. The summed E-state index contributed by atoms with van der Waals surface area (Å²) in [4.78, 5) is 0. The molecule has 1 saturated carbocycles. The van der Waals surface area contributed by atoms with Crippen LogP contribution >= 0.6 is 27.5 Å². The highest BCUT2D eigenvalue weighted by atomic mass is 79.9. The average Bonchev–Trinajstić information content (AvgIpc) is 3.11. The van der Waals surface area contributed by atoms with Crippen LogP contribution in [0.5, 0.6) is 5.75 Å². The Kier molecular flexibility index (Phi) is 3.81. The highest BCUT2D eigenvalue weighted by molar-refractivity contribution is 9.10. The van der Waals surface area contributed by atoms with Gasteiger partial charge in [-0.15, -0.1) is 11.6 Å². The van der Waals surface area contributed by atoms with Crippen molar-refractivity contribution < 1.29 is 4.74 Å². The van der Waals surface area contributed by atoms with E-state index < -0.39 is 0 Å². The first-order valence-electron chi connectivity index (χ1n) is 5.61. The molecule has 0 saturated heterocycles. The summed E-state index contributed by atoms with van der Waals surface area (Å²) in [6.45, 7) is 2.24. The molecule has 0 aliphatic heterocycles. The van der Waals surface area contributed by atoms with Crippen molar-refractivity contribution in [2.24, 2.45) is 11.8 Å². The Balaban J connectivity index is 2.16. The van der Waals surface area contributed by atoms with Gasteiger partial charge in [-0.3, -0.25) is 0 Å². The molecule has 0 bridgehead atoms. The van der Waals surface area contributed by atoms with Crippen LogP contribution in [0.3, 0.4) is 0 Å². The lowest BCUT2D eigenvalue weighted by atomic mass is 9.96. The zero-order valence-electron chi connectivity index (χ0n) is 9.54. The quantitative estimate of drug-likeness (QED) is 0.727. The summed E-state index contributed by atoms with van der Waals surface area (Å²) < 4.78 is 6.18. The average molecular weight is 304 g/mol. The van der Waals surface area contributed by atoms with Crippen LogP contribution in [0.2, 0.25) is 0 Å². The van der Waals surface area contributed by atoms with Gasteiger partial charge in [0.25, 0.3) is 0 Å². The molecule has 3 heteroatoms. The van der Waals surface area contributed by atoms with Crippen molar-refractivity contribution in [2.45, 2.75) is 25.1 Å². The van der Waals surface area contributed by atoms with Gasteiger partial charge in [0, 0.05) is 0 Å². The maximum atomic E-state index is 6.50. The first-order chi connectivity index (χ1) is 7.63. The molecule has 0 heterocycles. The lowest BCUT2D eigenvalue weighted by Crippen LogP contribution is -2.06. The van der Waals surface area contributed by atoms with Crippen molar-refractivity contribution in [1.29, 1.82) is 0 Å². The second kappa shape index (κ2) is 4.97. The van der Waals surface area contributed by atoms with Crippen LogP contribution in [0.25, 0.3) is 0 Å². The van der Waals surface area contributed by atoms with E-state index in [2.05, 4.69) is 35.0 Å². The predicted octanol–water partition coefficient (Wildman–Crippen LogP) is 4.78. The molecule has 1 nitrogen and oxygen atoms in total. The van der Waals surface area contributed by atoms with Gasteiger partial charge in [0.05, 0.1) is 17.0 Å². The maximum Gasteiger partial charge on any atom is 0.133 e. The van der Waals surface area contributed by atoms with Crippen LogP contribution in [-0.4, -0.2) is 7.11 Å². The van der Waals surface area contributed by atoms with Crippen molar-refractivity contribution in [3.8, 4) is 5.75 Å². The fraction of sp³-hybridized carbons (Fsp3) is 0.538. The highest BCUT2D eigenvalue weighted by Gasteiger charge is 2.33. The highest BCUT2D eigenvalue weighted by Crippen LogP contribution is 2.46. The van der Waals surface area contributed by atoms with Gasteiger partial charge in [0.2, 0.25) is 0 Å². The normalized spacial score (nSPS) is 19.2. The summed E-state index contributed by atoms with van der Waals surface area (Å²) in [7, 11) is 1.67. The van der Waals surface area contributed by atoms with Crippen molar-refractivity contribution in [3.63, 3.8) is 0 Å². The number of hydrogen-bond acceptors (Lipinski definition) is 1. The van der Waals surface area contributed by atoms with Gasteiger partial charge in [-0.2, -0.15) is 0 Å². The lowest BCUT2D eigenvalue weighted by Gasteiger charge is -2.18. The second-order valence-corrected chi connectivity index (χ2v) is 5.82. The predicted molar refractivity (Wildman–Crippen MR) is 71.2 cm³/mol. The molecular weight excluding hydrogens is 287 g/mol. The number of hydrogen-bond donors (Lipinski definition) is 0. The molecular formula is C13H16BrClO. The summed E-state index contributed by atoms with van der Waals surface area (Å²) in [6, 6.07) is 6.09. The molecule has 2 unspecified atom stereocenters. The Morgan fingerprint density at radius 1 is 1.44 bits per heavy atom. The zero-order chi connectivity index (χ0) is 11.7. The van der Waals surface area contributed by atoms with E-state index in [0.29, 0.717) is 5.92 Å². The Hall–Kier alpha value is -0.210. The van der Waals surface area contributed by atoms with E-state index in [4.69, 9.17) is 16.3 Å². The third kappa shape index (κ3) is 2.54. The summed E-state index contributed by atoms with van der Waals surface area (Å²) in [6.07, 6.45) is 2.67. The number of benzene rings is 1. The molecule has 0 amide bonds. The molecule has 2 atom stereocenters. The van der Waals surface area contributed by atoms with Crippen LogP contribution in [0, 0.1) is 11.8 Å². The molecule has 0 aromatic heterocycles. The number of rotatable bonds is 4. The van der Waals surface area contributed by atoms with Gasteiger partial charge in [0.1, 0.15) is 5.75 Å². The molecule has 1 aliphatic carbocycles. The van der Waals surface area contributed by atoms with E-state index in [9.17, 15) is 0 Å². The molecule has 88 valence electrons. The van der Waals surface area contributed by atoms with E-state index >= 15 is 0 Å². The summed E-state index contributed by atoms with van der Waals surface area (Å²) in [5.74, 6) is 2.23. The molecule has 1 fully saturated rings. The van der Waals surface area contributed by atoms with Gasteiger partial charge in [-0.1, -0.05) is 13.0 Å². The van der Waals surface area contributed by atoms with Crippen LogP contribution in [0.1, 0.15) is 30.7 Å². The Morgan fingerprint density at radius 2 is 2.12 bits per heavy atom. The zero-order valence-corrected chi connectivity index (χ0v) is 11.9. The molecule has 1 aliphatic rings. The fourth-order valence-electron chi connectivity index (χ4n) is 2.02. The Morgan fingerprint density at radius 3 is 2.62 bits per heavy atom. The molecule has 0 N–H and O–H groups in total. The first-order valence-corrected chi connectivity index (χ1v) is 6.84. The van der Waals surface area contributed by atoms with Gasteiger partial charge in [-0.25, -0.2) is 0 Å². The van der Waals surface area contributed by atoms with Crippen molar-refractivity contribution >= 4 is 27.5 Å². The Labute approximate surface area is 110 Å². The molecule has 1 aromatic carbocycles. The molecule has 0 spiro atoms. The smallest absolute Gasteiger partial charge is 0.133 e. The number of ether oxygens (including phenoxy) is 1. The number of methoxy groups -OCH3 is 1. The standard InChI is InChI=1S/C13H16BrClO/c1-8(9-3-4-9)13(15)10-5-6-12(16-2)11(14)7-10/h5-9,13H,3-4H2,1-2H3. The van der Waals surface area contributed by atoms with E-state index in [1.165, 1.54) is 18.4 Å². The van der Waals surface area contributed by atoms with Gasteiger partial charge >= 0.3 is 0 Å². The van der Waals surface area contributed by atoms with Crippen LogP contribution in [-0.2, 0) is 0 Å². The molecule has 0 radical (unpaired) electrons. The SMILES string of the molecule is COc1ccc(C(Cl)C(C)C2CC2)cc1Br. The topological polar surface area (TPSA) is 9.23 Å². The second-order valence-electron chi connectivity index (χ2n) is 4.49. The molecule has 1 aromatic rings. The monoisotopic (exact) mass is 302 g/mol. The third-order valence-electron chi connectivity index (χ3n) is 3.32. The van der Waals surface area contributed by atoms with Crippen LogP contribution < -0.4 is 4.74 Å². The van der Waals surface area contributed by atoms with E-state index in [0.717, 1.165) is 16.1 Å². The first kappa shape index (κ1) is 12.3. The minimum Gasteiger partial charge on any atom is -0.496 e. The number of alkyl halides is 1. The summed E-state index contributed by atoms with van der Waals surface area (Å²) in [5.41, 5.74) is 1.17. The van der Waals surface area contributed by atoms with Gasteiger partial charge in [0.15, 0.2) is 0 Å². The fourth-order valence-corrected chi connectivity index (χ4v) is 2.92. The minimum atomic E-state index is 0.106.